The molecule has 0 radical (unpaired) electrons. The van der Waals surface area contributed by atoms with Crippen molar-refractivity contribution < 1.29 is 4.94 Å². The molecule has 0 unspecified atom stereocenters. The van der Waals surface area contributed by atoms with E-state index in [4.69, 9.17) is 0 Å². The summed E-state index contributed by atoms with van der Waals surface area (Å²) in [7, 11) is 0. The Bertz CT molecular complexity index is 449. The van der Waals surface area contributed by atoms with Gasteiger partial charge in [-0.15, -0.1) is 10.2 Å². The molecule has 0 atom stereocenters. The standard InChI is InChI=1S/C12H10N4O/c1-3-7-11(8-4-1)13-15-17-16-14-12-9-5-2-6-10-12/h1-10H. The van der Waals surface area contributed by atoms with Crippen LogP contribution in [0.5, 0.6) is 0 Å². The van der Waals surface area contributed by atoms with Crippen LogP contribution in [-0.4, -0.2) is 0 Å². The fourth-order valence-electron chi connectivity index (χ4n) is 1.14. The molecule has 0 bridgehead atoms. The highest BCUT2D eigenvalue weighted by Crippen LogP contribution is 2.12. The molecule has 0 N–H and O–H groups in total. The Morgan fingerprint density at radius 2 is 1.00 bits per heavy atom. The van der Waals surface area contributed by atoms with Crippen molar-refractivity contribution in [3.05, 3.63) is 60.7 Å². The molecule has 2 rings (SSSR count). The zero-order chi connectivity index (χ0) is 11.8. The quantitative estimate of drug-likeness (QED) is 0.563. The molecule has 5 heteroatoms. The van der Waals surface area contributed by atoms with Crippen molar-refractivity contribution in [2.24, 2.45) is 20.8 Å². The van der Waals surface area contributed by atoms with Gasteiger partial charge in [-0.2, -0.15) is 0 Å². The summed E-state index contributed by atoms with van der Waals surface area (Å²) in [5, 5.41) is 14.4. The maximum Gasteiger partial charge on any atom is 0.0890 e. The Hall–Kier alpha value is -2.56. The first kappa shape index (κ1) is 10.9. The summed E-state index contributed by atoms with van der Waals surface area (Å²) in [6.07, 6.45) is 0. The van der Waals surface area contributed by atoms with Crippen LogP contribution in [0.25, 0.3) is 0 Å². The second kappa shape index (κ2) is 6.12. The Morgan fingerprint density at radius 3 is 1.41 bits per heavy atom. The molecule has 0 saturated heterocycles. The van der Waals surface area contributed by atoms with Gasteiger partial charge in [0.05, 0.1) is 21.9 Å². The fourth-order valence-corrected chi connectivity index (χ4v) is 1.14. The van der Waals surface area contributed by atoms with Gasteiger partial charge in [0.2, 0.25) is 0 Å². The van der Waals surface area contributed by atoms with E-state index in [1.165, 1.54) is 0 Å². The Kier molecular flexibility index (Phi) is 3.94. The zero-order valence-corrected chi connectivity index (χ0v) is 8.97. The van der Waals surface area contributed by atoms with Gasteiger partial charge in [0.15, 0.2) is 0 Å². The van der Waals surface area contributed by atoms with E-state index in [2.05, 4.69) is 25.7 Å². The summed E-state index contributed by atoms with van der Waals surface area (Å²) < 4.78 is 0. The Labute approximate surface area is 98.4 Å². The molecule has 0 saturated carbocycles. The van der Waals surface area contributed by atoms with Gasteiger partial charge in [-0.25, -0.2) is 4.94 Å². The van der Waals surface area contributed by atoms with Crippen molar-refractivity contribution in [2.45, 2.75) is 0 Å². The maximum absolute atomic E-state index is 4.56. The van der Waals surface area contributed by atoms with Crippen molar-refractivity contribution >= 4 is 11.4 Å². The summed E-state index contributed by atoms with van der Waals surface area (Å²) in [5.74, 6) is 0. The molecular formula is C12H10N4O. The highest BCUT2D eigenvalue weighted by atomic mass is 16.8. The molecule has 84 valence electrons. The van der Waals surface area contributed by atoms with E-state index in [0.29, 0.717) is 11.4 Å². The highest BCUT2D eigenvalue weighted by Gasteiger charge is 1.86. The average Bonchev–Trinajstić information content (AvgIpc) is 2.41. The van der Waals surface area contributed by atoms with Crippen molar-refractivity contribution in [3.63, 3.8) is 0 Å². The summed E-state index contributed by atoms with van der Waals surface area (Å²) in [6.45, 7) is 0. The molecule has 0 fully saturated rings. The molecule has 0 aliphatic carbocycles. The average molecular weight is 226 g/mol. The van der Waals surface area contributed by atoms with E-state index in [0.717, 1.165) is 0 Å². The van der Waals surface area contributed by atoms with Crippen molar-refractivity contribution in [1.29, 1.82) is 0 Å². The zero-order valence-electron chi connectivity index (χ0n) is 8.97. The van der Waals surface area contributed by atoms with Crippen LogP contribution in [0.3, 0.4) is 0 Å². The van der Waals surface area contributed by atoms with Gasteiger partial charge in [-0.1, -0.05) is 36.4 Å². The summed E-state index contributed by atoms with van der Waals surface area (Å²) in [5.41, 5.74) is 1.39. The van der Waals surface area contributed by atoms with Gasteiger partial charge in [-0.05, 0) is 24.3 Å². The molecule has 5 nitrogen and oxygen atoms in total. The lowest BCUT2D eigenvalue weighted by Crippen LogP contribution is -1.66. The number of benzene rings is 2. The molecule has 0 heterocycles. The smallest absolute Gasteiger partial charge is 0.0890 e. The first-order chi connectivity index (χ1) is 8.45. The molecule has 0 spiro atoms. The summed E-state index contributed by atoms with van der Waals surface area (Å²) >= 11 is 0. The molecule has 0 aliphatic heterocycles. The lowest BCUT2D eigenvalue weighted by Gasteiger charge is -1.88. The topological polar surface area (TPSA) is 58.7 Å². The lowest BCUT2D eigenvalue weighted by atomic mass is 10.3. The normalized spacial score (nSPS) is 11.1. The maximum atomic E-state index is 4.56. The van der Waals surface area contributed by atoms with Gasteiger partial charge in [0.25, 0.3) is 0 Å². The van der Waals surface area contributed by atoms with Gasteiger partial charge in [0, 0.05) is 0 Å². The lowest BCUT2D eigenvalue weighted by molar-refractivity contribution is 0.117. The predicted octanol–water partition coefficient (Wildman–Crippen LogP) is 4.40. The second-order valence-corrected chi connectivity index (χ2v) is 3.12. The third-order valence-electron chi connectivity index (χ3n) is 1.90. The van der Waals surface area contributed by atoms with E-state index < -0.39 is 0 Å². The van der Waals surface area contributed by atoms with Crippen LogP contribution in [0.2, 0.25) is 0 Å². The van der Waals surface area contributed by atoms with Crippen molar-refractivity contribution in [3.8, 4) is 0 Å². The van der Waals surface area contributed by atoms with E-state index in [-0.39, 0.29) is 0 Å². The van der Waals surface area contributed by atoms with Gasteiger partial charge >= 0.3 is 0 Å². The monoisotopic (exact) mass is 226 g/mol. The van der Waals surface area contributed by atoms with Crippen LogP contribution in [0.4, 0.5) is 11.4 Å². The number of hydrogen-bond acceptors (Lipinski definition) is 5. The number of rotatable bonds is 4. The van der Waals surface area contributed by atoms with Crippen molar-refractivity contribution in [2.75, 3.05) is 0 Å². The van der Waals surface area contributed by atoms with Gasteiger partial charge in [-0.3, -0.25) is 0 Å². The van der Waals surface area contributed by atoms with Crippen LogP contribution in [0.15, 0.2) is 81.4 Å². The minimum Gasteiger partial charge on any atom is -0.203 e. The SMILES string of the molecule is c1ccc(N=NON=Nc2ccccc2)cc1. The summed E-state index contributed by atoms with van der Waals surface area (Å²) in [4.78, 5) is 4.56. The van der Waals surface area contributed by atoms with Crippen LogP contribution >= 0.6 is 0 Å². The minimum absolute atomic E-state index is 0.697. The third-order valence-corrected chi connectivity index (χ3v) is 1.90. The largest absolute Gasteiger partial charge is 0.203 e. The molecular weight excluding hydrogens is 216 g/mol. The minimum atomic E-state index is 0.697. The number of hydrogen-bond donors (Lipinski definition) is 0. The van der Waals surface area contributed by atoms with E-state index >= 15 is 0 Å². The molecule has 2 aromatic carbocycles. The molecule has 0 amide bonds. The summed E-state index contributed by atoms with van der Waals surface area (Å²) in [6, 6.07) is 18.5. The Morgan fingerprint density at radius 1 is 0.588 bits per heavy atom. The van der Waals surface area contributed by atoms with Crippen LogP contribution in [-0.2, 0) is 4.94 Å². The van der Waals surface area contributed by atoms with E-state index in [1.807, 2.05) is 36.4 Å². The molecule has 0 aromatic heterocycles. The van der Waals surface area contributed by atoms with Crippen LogP contribution in [0.1, 0.15) is 0 Å². The Balaban J connectivity index is 1.84. The first-order valence-electron chi connectivity index (χ1n) is 5.03. The highest BCUT2D eigenvalue weighted by molar-refractivity contribution is 5.35. The second-order valence-electron chi connectivity index (χ2n) is 3.12. The molecule has 0 aliphatic rings. The van der Waals surface area contributed by atoms with E-state index in [9.17, 15) is 0 Å². The fraction of sp³-hybridized carbons (Fsp3) is 0. The van der Waals surface area contributed by atoms with E-state index in [1.54, 1.807) is 24.3 Å². The molecule has 17 heavy (non-hydrogen) atoms. The van der Waals surface area contributed by atoms with Crippen LogP contribution in [0, 0.1) is 0 Å². The predicted molar refractivity (Wildman–Crippen MR) is 63.0 cm³/mol. The van der Waals surface area contributed by atoms with Gasteiger partial charge in [0.1, 0.15) is 0 Å². The molecule has 2 aromatic rings. The number of nitrogens with zero attached hydrogens (tertiary/aromatic N) is 4. The third kappa shape index (κ3) is 3.83. The van der Waals surface area contributed by atoms with Gasteiger partial charge < -0.3 is 0 Å². The van der Waals surface area contributed by atoms with Crippen LogP contribution < -0.4 is 0 Å². The first-order valence-corrected chi connectivity index (χ1v) is 5.03. The van der Waals surface area contributed by atoms with Crippen molar-refractivity contribution in [1.82, 2.24) is 0 Å².